The van der Waals surface area contributed by atoms with Crippen molar-refractivity contribution in [3.05, 3.63) is 95.6 Å². The Morgan fingerprint density at radius 1 is 1.10 bits per heavy atom. The molecule has 39 heavy (non-hydrogen) atoms. The van der Waals surface area contributed by atoms with Gasteiger partial charge in [-0.2, -0.15) is 23.4 Å². The smallest absolute Gasteiger partial charge is 0.330 e. The number of carbonyl (C=O) groups is 2. The van der Waals surface area contributed by atoms with Gasteiger partial charge in [0, 0.05) is 37.3 Å². The molecular formula is C27H24F3N7O2. The zero-order valence-corrected chi connectivity index (χ0v) is 20.6. The lowest BCUT2D eigenvalue weighted by molar-refractivity contribution is -0.137. The van der Waals surface area contributed by atoms with Crippen molar-refractivity contribution >= 4 is 23.7 Å². The average molecular weight is 536 g/mol. The molecule has 1 unspecified atom stereocenters. The molecule has 0 aliphatic carbocycles. The van der Waals surface area contributed by atoms with E-state index < -0.39 is 17.6 Å². The fraction of sp³-hybridized carbons (Fsp3) is 0.222. The highest BCUT2D eigenvalue weighted by Crippen LogP contribution is 2.32. The summed E-state index contributed by atoms with van der Waals surface area (Å²) in [7, 11) is 0. The third kappa shape index (κ3) is 6.06. The second-order valence-electron chi connectivity index (χ2n) is 9.02. The minimum atomic E-state index is -4.47. The number of hydrogen-bond donors (Lipinski definition) is 2. The summed E-state index contributed by atoms with van der Waals surface area (Å²) in [5.74, 6) is 0.128. The molecule has 1 saturated heterocycles. The Hall–Kier alpha value is -4.74. The van der Waals surface area contributed by atoms with Crippen LogP contribution in [0.4, 0.5) is 19.0 Å². The number of amides is 2. The third-order valence-corrected chi connectivity index (χ3v) is 6.35. The normalized spacial score (nSPS) is 16.0. The largest absolute Gasteiger partial charge is 0.416 e. The van der Waals surface area contributed by atoms with Crippen molar-refractivity contribution in [2.75, 3.05) is 11.9 Å². The molecule has 2 amide bonds. The van der Waals surface area contributed by atoms with Crippen LogP contribution in [0.25, 0.3) is 11.9 Å². The maximum atomic E-state index is 13.4. The lowest BCUT2D eigenvalue weighted by atomic mass is 9.98. The molecule has 1 aliphatic rings. The number of hydrogen-bond acceptors (Lipinski definition) is 5. The van der Waals surface area contributed by atoms with Crippen LogP contribution < -0.4 is 5.32 Å². The third-order valence-electron chi connectivity index (χ3n) is 6.35. The molecule has 0 saturated carbocycles. The fourth-order valence-corrected chi connectivity index (χ4v) is 4.45. The van der Waals surface area contributed by atoms with Crippen molar-refractivity contribution in [3.8, 4) is 5.82 Å². The molecule has 1 atom stereocenters. The van der Waals surface area contributed by atoms with Crippen LogP contribution in [0.5, 0.6) is 0 Å². The number of aromatic nitrogens is 5. The van der Waals surface area contributed by atoms with E-state index in [0.717, 1.165) is 37.5 Å². The number of alkyl halides is 3. The SMILES string of the molecule is O=C(/C=C/c1cccc(C(F)(F)F)c1)Nc1cc(C2CCCCN2C(=O)c2ccc(-n3cccn3)nc2)[nH]n1. The van der Waals surface area contributed by atoms with Crippen molar-refractivity contribution in [3.63, 3.8) is 0 Å². The lowest BCUT2D eigenvalue weighted by Crippen LogP contribution is -2.38. The Balaban J connectivity index is 1.25. The van der Waals surface area contributed by atoms with Gasteiger partial charge in [-0.3, -0.25) is 14.7 Å². The quantitative estimate of drug-likeness (QED) is 0.337. The number of H-pyrrole nitrogens is 1. The van der Waals surface area contributed by atoms with Crippen molar-refractivity contribution in [1.29, 1.82) is 0 Å². The fourth-order valence-electron chi connectivity index (χ4n) is 4.45. The molecule has 1 fully saturated rings. The van der Waals surface area contributed by atoms with E-state index in [1.165, 1.54) is 24.4 Å². The lowest BCUT2D eigenvalue weighted by Gasteiger charge is -2.35. The molecule has 0 spiro atoms. The molecule has 4 heterocycles. The van der Waals surface area contributed by atoms with Crippen LogP contribution in [0.1, 0.15) is 52.5 Å². The van der Waals surface area contributed by atoms with Gasteiger partial charge in [0.2, 0.25) is 5.91 Å². The highest BCUT2D eigenvalue weighted by atomic mass is 19.4. The van der Waals surface area contributed by atoms with E-state index in [2.05, 4.69) is 25.6 Å². The Morgan fingerprint density at radius 2 is 1.97 bits per heavy atom. The van der Waals surface area contributed by atoms with Gasteiger partial charge in [-0.25, -0.2) is 9.67 Å². The molecule has 0 radical (unpaired) electrons. The molecule has 200 valence electrons. The number of likely N-dealkylation sites (tertiary alicyclic amines) is 1. The Morgan fingerprint density at radius 3 is 2.72 bits per heavy atom. The van der Waals surface area contributed by atoms with Gasteiger partial charge in [-0.1, -0.05) is 12.1 Å². The number of piperidine rings is 1. The van der Waals surface area contributed by atoms with E-state index in [1.807, 2.05) is 0 Å². The van der Waals surface area contributed by atoms with E-state index in [1.54, 1.807) is 46.2 Å². The summed E-state index contributed by atoms with van der Waals surface area (Å²) >= 11 is 0. The summed E-state index contributed by atoms with van der Waals surface area (Å²) in [6, 6.07) is 11.3. The maximum absolute atomic E-state index is 13.4. The minimum Gasteiger partial charge on any atom is -0.330 e. The molecule has 3 aromatic heterocycles. The number of rotatable bonds is 6. The van der Waals surface area contributed by atoms with Gasteiger partial charge in [0.1, 0.15) is 0 Å². The van der Waals surface area contributed by atoms with Crippen LogP contribution in [0.15, 0.2) is 73.2 Å². The van der Waals surface area contributed by atoms with Gasteiger partial charge in [0.25, 0.3) is 5.91 Å². The van der Waals surface area contributed by atoms with Gasteiger partial charge in [-0.05, 0) is 61.2 Å². The van der Waals surface area contributed by atoms with Crippen LogP contribution >= 0.6 is 0 Å². The van der Waals surface area contributed by atoms with Crippen LogP contribution in [0.3, 0.4) is 0 Å². The summed E-state index contributed by atoms with van der Waals surface area (Å²) in [5.41, 5.74) is 0.566. The standard InChI is InChI=1S/C27H24F3N7O2/c28-27(29,30)20-6-3-5-18(15-20)8-11-25(38)33-23-16-21(34-35-23)22-7-1-2-13-36(22)26(39)19-9-10-24(31-17-19)37-14-4-12-32-37/h3-6,8-12,14-17,22H,1-2,7,13H2,(H2,33,34,35,38)/b11-8+. The van der Waals surface area contributed by atoms with E-state index in [-0.39, 0.29) is 23.3 Å². The Labute approximate surface area is 221 Å². The Bertz CT molecular complexity index is 1480. The number of aromatic amines is 1. The molecule has 12 heteroatoms. The van der Waals surface area contributed by atoms with E-state index in [9.17, 15) is 22.8 Å². The van der Waals surface area contributed by atoms with E-state index >= 15 is 0 Å². The van der Waals surface area contributed by atoms with E-state index in [0.29, 0.717) is 23.6 Å². The molecule has 9 nitrogen and oxygen atoms in total. The van der Waals surface area contributed by atoms with Gasteiger partial charge in [0.15, 0.2) is 11.6 Å². The second kappa shape index (κ2) is 10.9. The van der Waals surface area contributed by atoms with Crippen LogP contribution in [0, 0.1) is 0 Å². The van der Waals surface area contributed by atoms with Gasteiger partial charge < -0.3 is 10.2 Å². The second-order valence-corrected chi connectivity index (χ2v) is 9.02. The monoisotopic (exact) mass is 535 g/mol. The molecule has 0 bridgehead atoms. The van der Waals surface area contributed by atoms with Crippen molar-refractivity contribution in [1.82, 2.24) is 29.9 Å². The topological polar surface area (TPSA) is 109 Å². The predicted octanol–water partition coefficient (Wildman–Crippen LogP) is 5.03. The molecule has 2 N–H and O–H groups in total. The van der Waals surface area contributed by atoms with Crippen LogP contribution in [-0.4, -0.2) is 48.2 Å². The first-order chi connectivity index (χ1) is 18.8. The summed E-state index contributed by atoms with van der Waals surface area (Å²) in [5, 5.41) is 13.8. The van der Waals surface area contributed by atoms with Gasteiger partial charge in [0.05, 0.1) is 22.9 Å². The summed E-state index contributed by atoms with van der Waals surface area (Å²) < 4.78 is 40.3. The minimum absolute atomic E-state index is 0.163. The summed E-state index contributed by atoms with van der Waals surface area (Å²) in [4.78, 5) is 31.8. The van der Waals surface area contributed by atoms with Crippen LogP contribution in [0.2, 0.25) is 0 Å². The maximum Gasteiger partial charge on any atom is 0.416 e. The van der Waals surface area contributed by atoms with Crippen LogP contribution in [-0.2, 0) is 11.0 Å². The zero-order valence-electron chi connectivity index (χ0n) is 20.6. The predicted molar refractivity (Wildman–Crippen MR) is 137 cm³/mol. The van der Waals surface area contributed by atoms with Crippen molar-refractivity contribution < 1.29 is 22.8 Å². The summed E-state index contributed by atoms with van der Waals surface area (Å²) in [6.07, 6.45) is 5.41. The highest BCUT2D eigenvalue weighted by molar-refractivity contribution is 6.01. The molecule has 1 aromatic carbocycles. The number of nitrogens with zero attached hydrogens (tertiary/aromatic N) is 5. The highest BCUT2D eigenvalue weighted by Gasteiger charge is 2.31. The first-order valence-corrected chi connectivity index (χ1v) is 12.3. The Kier molecular flexibility index (Phi) is 7.26. The number of nitrogens with one attached hydrogen (secondary N) is 2. The van der Waals surface area contributed by atoms with Gasteiger partial charge >= 0.3 is 6.18 Å². The first-order valence-electron chi connectivity index (χ1n) is 12.3. The number of benzene rings is 1. The number of anilines is 1. The average Bonchev–Trinajstić information content (AvgIpc) is 3.64. The van der Waals surface area contributed by atoms with E-state index in [4.69, 9.17) is 0 Å². The number of pyridine rings is 1. The van der Waals surface area contributed by atoms with Gasteiger partial charge in [-0.15, -0.1) is 0 Å². The molecule has 5 rings (SSSR count). The van der Waals surface area contributed by atoms with Crippen molar-refractivity contribution in [2.45, 2.75) is 31.5 Å². The zero-order chi connectivity index (χ0) is 27.4. The first kappa shape index (κ1) is 25.9. The number of carbonyl (C=O) groups excluding carboxylic acids is 2. The summed E-state index contributed by atoms with van der Waals surface area (Å²) in [6.45, 7) is 0.560. The van der Waals surface area contributed by atoms with Crippen molar-refractivity contribution in [2.24, 2.45) is 0 Å². The molecule has 4 aromatic rings. The molecular weight excluding hydrogens is 511 g/mol. The number of halogens is 3. The molecule has 1 aliphatic heterocycles.